The van der Waals surface area contributed by atoms with Crippen molar-refractivity contribution in [2.45, 2.75) is 45.5 Å². The van der Waals surface area contributed by atoms with E-state index >= 15 is 0 Å². The quantitative estimate of drug-likeness (QED) is 0.441. The minimum Gasteiger partial charge on any atom is -0.379 e. The lowest BCUT2D eigenvalue weighted by Crippen LogP contribution is -2.33. The van der Waals surface area contributed by atoms with Crippen LogP contribution in [0.2, 0.25) is 10.0 Å². The zero-order chi connectivity index (χ0) is 19.4. The van der Waals surface area contributed by atoms with Gasteiger partial charge in [0, 0.05) is 29.0 Å². The van der Waals surface area contributed by atoms with Gasteiger partial charge in [-0.15, -0.1) is 11.8 Å². The van der Waals surface area contributed by atoms with E-state index in [2.05, 4.69) is 0 Å². The lowest BCUT2D eigenvalue weighted by Gasteiger charge is -2.16. The van der Waals surface area contributed by atoms with Gasteiger partial charge < -0.3 is 4.74 Å². The molecular weight excluding hydrogens is 393 g/mol. The van der Waals surface area contributed by atoms with Gasteiger partial charge in [-0.3, -0.25) is 14.5 Å². The molecule has 1 aliphatic rings. The van der Waals surface area contributed by atoms with Crippen molar-refractivity contribution in [2.75, 3.05) is 13.2 Å². The van der Waals surface area contributed by atoms with Crippen LogP contribution in [0.1, 0.15) is 39.7 Å². The van der Waals surface area contributed by atoms with Crippen molar-refractivity contribution in [1.82, 2.24) is 4.90 Å². The van der Waals surface area contributed by atoms with Crippen LogP contribution >= 0.6 is 35.0 Å². The van der Waals surface area contributed by atoms with E-state index in [1.807, 2.05) is 27.7 Å². The SMILES string of the molecule is CC(C)OCCCN1C(=O)C(SC(C)C)=C(c2ccc(Cl)cc2Cl)C1=O. The molecule has 0 aromatic heterocycles. The molecule has 2 rings (SSSR count). The van der Waals surface area contributed by atoms with Crippen LogP contribution in [0.3, 0.4) is 0 Å². The molecule has 4 nitrogen and oxygen atoms in total. The average molecular weight is 416 g/mol. The molecule has 0 spiro atoms. The minimum absolute atomic E-state index is 0.119. The number of hydrogen-bond donors (Lipinski definition) is 0. The van der Waals surface area contributed by atoms with Gasteiger partial charge in [-0.2, -0.15) is 0 Å². The molecule has 1 aromatic carbocycles. The first-order valence-electron chi connectivity index (χ1n) is 8.56. The smallest absolute Gasteiger partial charge is 0.267 e. The van der Waals surface area contributed by atoms with Gasteiger partial charge in [-0.25, -0.2) is 0 Å². The molecule has 142 valence electrons. The number of benzene rings is 1. The van der Waals surface area contributed by atoms with E-state index in [9.17, 15) is 9.59 Å². The Morgan fingerprint density at radius 2 is 1.81 bits per heavy atom. The largest absolute Gasteiger partial charge is 0.379 e. The molecule has 0 bridgehead atoms. The van der Waals surface area contributed by atoms with Gasteiger partial charge in [0.25, 0.3) is 11.8 Å². The van der Waals surface area contributed by atoms with E-state index in [1.165, 1.54) is 16.7 Å². The molecule has 1 aliphatic heterocycles. The summed E-state index contributed by atoms with van der Waals surface area (Å²) in [6, 6.07) is 4.95. The predicted octanol–water partition coefficient (Wildman–Crippen LogP) is 5.03. The molecule has 0 saturated carbocycles. The van der Waals surface area contributed by atoms with Crippen LogP contribution in [-0.4, -0.2) is 41.2 Å². The Balaban J connectivity index is 2.30. The van der Waals surface area contributed by atoms with Gasteiger partial charge in [0.2, 0.25) is 0 Å². The first kappa shape index (κ1) is 21.3. The normalized spacial score (nSPS) is 15.2. The van der Waals surface area contributed by atoms with Gasteiger partial charge in [-0.05, 0) is 32.4 Å². The van der Waals surface area contributed by atoms with Gasteiger partial charge in [0.1, 0.15) is 0 Å². The number of rotatable bonds is 8. The Hall–Kier alpha value is -1.01. The lowest BCUT2D eigenvalue weighted by molar-refractivity contribution is -0.136. The summed E-state index contributed by atoms with van der Waals surface area (Å²) in [7, 11) is 0. The Morgan fingerprint density at radius 3 is 2.38 bits per heavy atom. The molecule has 0 fully saturated rings. The summed E-state index contributed by atoms with van der Waals surface area (Å²) in [5, 5.41) is 1.00. The first-order chi connectivity index (χ1) is 12.2. The molecule has 0 aliphatic carbocycles. The Labute approximate surface area is 168 Å². The summed E-state index contributed by atoms with van der Waals surface area (Å²) in [6.07, 6.45) is 0.713. The number of carbonyl (C=O) groups is 2. The van der Waals surface area contributed by atoms with Crippen LogP contribution in [-0.2, 0) is 14.3 Å². The van der Waals surface area contributed by atoms with E-state index in [0.717, 1.165) is 0 Å². The van der Waals surface area contributed by atoms with Crippen molar-refractivity contribution >= 4 is 52.4 Å². The van der Waals surface area contributed by atoms with Crippen LogP contribution in [0.15, 0.2) is 23.1 Å². The first-order valence-corrected chi connectivity index (χ1v) is 10.2. The third-order valence-electron chi connectivity index (χ3n) is 3.66. The standard InChI is InChI=1S/C19H23Cl2NO3S/c1-11(2)25-9-5-8-22-18(23)16(17(19(22)24)26-12(3)4)14-7-6-13(20)10-15(14)21/h6-7,10-12H,5,8-9H2,1-4H3. The fraction of sp³-hybridized carbons (Fsp3) is 0.474. The summed E-state index contributed by atoms with van der Waals surface area (Å²) in [4.78, 5) is 27.6. The van der Waals surface area contributed by atoms with Crippen molar-refractivity contribution < 1.29 is 14.3 Å². The maximum Gasteiger partial charge on any atom is 0.267 e. The molecule has 0 saturated heterocycles. The molecule has 0 N–H and O–H groups in total. The third-order valence-corrected chi connectivity index (χ3v) is 5.29. The van der Waals surface area contributed by atoms with Gasteiger partial charge in [0.15, 0.2) is 0 Å². The highest BCUT2D eigenvalue weighted by Gasteiger charge is 2.39. The molecule has 0 unspecified atom stereocenters. The average Bonchev–Trinajstić information content (AvgIpc) is 2.75. The number of thioether (sulfide) groups is 1. The summed E-state index contributed by atoms with van der Waals surface area (Å²) in [5.74, 6) is -0.578. The van der Waals surface area contributed by atoms with Gasteiger partial charge in [-0.1, -0.05) is 43.1 Å². The predicted molar refractivity (Wildman–Crippen MR) is 109 cm³/mol. The topological polar surface area (TPSA) is 46.6 Å². The molecule has 0 radical (unpaired) electrons. The monoisotopic (exact) mass is 415 g/mol. The molecule has 26 heavy (non-hydrogen) atoms. The van der Waals surface area contributed by atoms with Crippen LogP contribution in [0, 0.1) is 0 Å². The summed E-state index contributed by atoms with van der Waals surface area (Å²) >= 11 is 13.7. The molecular formula is C19H23Cl2NO3S. The van der Waals surface area contributed by atoms with Crippen molar-refractivity contribution in [3.8, 4) is 0 Å². The zero-order valence-electron chi connectivity index (χ0n) is 15.3. The molecule has 2 amide bonds. The number of amides is 2. The van der Waals surface area contributed by atoms with Crippen molar-refractivity contribution in [3.05, 3.63) is 38.7 Å². The van der Waals surface area contributed by atoms with Crippen LogP contribution < -0.4 is 0 Å². The number of nitrogens with zero attached hydrogens (tertiary/aromatic N) is 1. The third kappa shape index (κ3) is 5.03. The number of hydrogen-bond acceptors (Lipinski definition) is 4. The van der Waals surface area contributed by atoms with E-state index in [1.54, 1.807) is 18.2 Å². The lowest BCUT2D eigenvalue weighted by atomic mass is 10.1. The number of halogens is 2. The summed E-state index contributed by atoms with van der Waals surface area (Å²) in [6.45, 7) is 8.68. The van der Waals surface area contributed by atoms with E-state index in [4.69, 9.17) is 27.9 Å². The Bertz CT molecular complexity index is 731. The second-order valence-electron chi connectivity index (χ2n) is 6.53. The van der Waals surface area contributed by atoms with Crippen molar-refractivity contribution in [2.24, 2.45) is 0 Å². The number of ether oxygens (including phenoxy) is 1. The second-order valence-corrected chi connectivity index (χ2v) is 8.96. The summed E-state index contributed by atoms with van der Waals surface area (Å²) < 4.78 is 5.50. The fourth-order valence-corrected chi connectivity index (χ4v) is 4.07. The zero-order valence-corrected chi connectivity index (χ0v) is 17.7. The fourth-order valence-electron chi connectivity index (χ4n) is 2.57. The highest BCUT2D eigenvalue weighted by Crippen LogP contribution is 2.40. The molecule has 7 heteroatoms. The minimum atomic E-state index is -0.313. The summed E-state index contributed by atoms with van der Waals surface area (Å²) in [5.41, 5.74) is 0.902. The molecule has 1 heterocycles. The van der Waals surface area contributed by atoms with Gasteiger partial charge in [0.05, 0.1) is 21.6 Å². The molecule has 0 atom stereocenters. The van der Waals surface area contributed by atoms with Crippen LogP contribution in [0.5, 0.6) is 0 Å². The van der Waals surface area contributed by atoms with Gasteiger partial charge >= 0.3 is 0 Å². The Kier molecular flexibility index (Phi) is 7.59. The van der Waals surface area contributed by atoms with E-state index in [0.29, 0.717) is 45.7 Å². The second kappa shape index (κ2) is 9.27. The number of imide groups is 1. The number of carbonyl (C=O) groups excluding carboxylic acids is 2. The maximum atomic E-state index is 13.0. The van der Waals surface area contributed by atoms with Crippen LogP contribution in [0.25, 0.3) is 5.57 Å². The highest BCUT2D eigenvalue weighted by atomic mass is 35.5. The maximum absolute atomic E-state index is 13.0. The van der Waals surface area contributed by atoms with E-state index < -0.39 is 0 Å². The molecule has 1 aromatic rings. The Morgan fingerprint density at radius 1 is 1.12 bits per heavy atom. The van der Waals surface area contributed by atoms with Crippen LogP contribution in [0.4, 0.5) is 0 Å². The van der Waals surface area contributed by atoms with E-state index in [-0.39, 0.29) is 23.2 Å². The highest BCUT2D eigenvalue weighted by molar-refractivity contribution is 8.04. The van der Waals surface area contributed by atoms with Crippen molar-refractivity contribution in [1.29, 1.82) is 0 Å². The van der Waals surface area contributed by atoms with Crippen molar-refractivity contribution in [3.63, 3.8) is 0 Å².